The predicted molar refractivity (Wildman–Crippen MR) is 64.3 cm³/mol. The van der Waals surface area contributed by atoms with Crippen LogP contribution in [0, 0.1) is 0 Å². The summed E-state index contributed by atoms with van der Waals surface area (Å²) >= 11 is 0. The number of ether oxygens (including phenoxy) is 1. The fourth-order valence-corrected chi connectivity index (χ4v) is 1.96. The van der Waals surface area contributed by atoms with E-state index in [9.17, 15) is 9.59 Å². The summed E-state index contributed by atoms with van der Waals surface area (Å²) in [6.07, 6.45) is 1.80. The molecule has 0 N–H and O–H groups in total. The standard InChI is InChI=1S/C11H15N3O3/c1-12-9-8(10(15)13(2)11(12)16)4-5-14(9)6-7-17-3/h4-5H,6-7H2,1-3H3. The van der Waals surface area contributed by atoms with E-state index >= 15 is 0 Å². The molecule has 0 saturated heterocycles. The highest BCUT2D eigenvalue weighted by atomic mass is 16.5. The van der Waals surface area contributed by atoms with Gasteiger partial charge in [-0.25, -0.2) is 4.79 Å². The first kappa shape index (κ1) is 11.7. The summed E-state index contributed by atoms with van der Waals surface area (Å²) in [5.41, 5.74) is 0.0503. The minimum Gasteiger partial charge on any atom is -0.383 e. The summed E-state index contributed by atoms with van der Waals surface area (Å²) in [7, 11) is 4.76. The zero-order valence-corrected chi connectivity index (χ0v) is 10.1. The summed E-state index contributed by atoms with van der Waals surface area (Å²) in [6.45, 7) is 1.15. The molecule has 0 aliphatic rings. The van der Waals surface area contributed by atoms with Gasteiger partial charge in [-0.2, -0.15) is 0 Å². The smallest absolute Gasteiger partial charge is 0.332 e. The van der Waals surface area contributed by atoms with Gasteiger partial charge >= 0.3 is 5.69 Å². The number of hydrogen-bond acceptors (Lipinski definition) is 3. The van der Waals surface area contributed by atoms with Crippen LogP contribution in [-0.4, -0.2) is 27.4 Å². The van der Waals surface area contributed by atoms with Gasteiger partial charge < -0.3 is 9.30 Å². The Morgan fingerprint density at radius 2 is 1.94 bits per heavy atom. The van der Waals surface area contributed by atoms with Crippen LogP contribution in [0.5, 0.6) is 0 Å². The quantitative estimate of drug-likeness (QED) is 0.735. The van der Waals surface area contributed by atoms with E-state index < -0.39 is 0 Å². The molecule has 0 spiro atoms. The van der Waals surface area contributed by atoms with Crippen molar-refractivity contribution in [3.8, 4) is 0 Å². The van der Waals surface area contributed by atoms with Crippen LogP contribution in [0.4, 0.5) is 0 Å². The molecule has 92 valence electrons. The maximum Gasteiger partial charge on any atom is 0.332 e. The monoisotopic (exact) mass is 237 g/mol. The molecule has 0 aliphatic carbocycles. The van der Waals surface area contributed by atoms with Crippen LogP contribution in [0.3, 0.4) is 0 Å². The maximum absolute atomic E-state index is 11.9. The van der Waals surface area contributed by atoms with E-state index in [1.165, 1.54) is 11.6 Å². The van der Waals surface area contributed by atoms with Crippen LogP contribution in [0.1, 0.15) is 0 Å². The van der Waals surface area contributed by atoms with E-state index in [0.29, 0.717) is 24.2 Å². The van der Waals surface area contributed by atoms with Gasteiger partial charge in [0, 0.05) is 33.9 Å². The summed E-state index contributed by atoms with van der Waals surface area (Å²) in [6, 6.07) is 1.73. The average molecular weight is 237 g/mol. The van der Waals surface area contributed by atoms with Gasteiger partial charge in [-0.3, -0.25) is 13.9 Å². The second-order valence-corrected chi connectivity index (χ2v) is 3.94. The number of hydrogen-bond donors (Lipinski definition) is 0. The highest BCUT2D eigenvalue weighted by Crippen LogP contribution is 2.08. The van der Waals surface area contributed by atoms with Crippen LogP contribution in [-0.2, 0) is 25.4 Å². The highest BCUT2D eigenvalue weighted by molar-refractivity contribution is 5.75. The van der Waals surface area contributed by atoms with Gasteiger partial charge in [0.05, 0.1) is 12.0 Å². The first-order valence-corrected chi connectivity index (χ1v) is 5.31. The molecule has 0 fully saturated rings. The maximum atomic E-state index is 11.9. The Hall–Kier alpha value is -1.82. The van der Waals surface area contributed by atoms with Crippen molar-refractivity contribution in [1.82, 2.24) is 13.7 Å². The SMILES string of the molecule is COCCn1ccc2c(=O)n(C)c(=O)n(C)c21. The Labute approximate surface area is 97.7 Å². The summed E-state index contributed by atoms with van der Waals surface area (Å²) in [5.74, 6) is 0. The third-order valence-electron chi connectivity index (χ3n) is 2.90. The van der Waals surface area contributed by atoms with Crippen molar-refractivity contribution in [1.29, 1.82) is 0 Å². The lowest BCUT2D eigenvalue weighted by molar-refractivity contribution is 0.188. The lowest BCUT2D eigenvalue weighted by atomic mass is 10.4. The molecular weight excluding hydrogens is 222 g/mol. The third kappa shape index (κ3) is 1.70. The molecule has 0 unspecified atom stereocenters. The Bertz CT molecular complexity index is 663. The second-order valence-electron chi connectivity index (χ2n) is 3.94. The van der Waals surface area contributed by atoms with Crippen molar-refractivity contribution in [2.75, 3.05) is 13.7 Å². The Kier molecular flexibility index (Phi) is 2.89. The first-order valence-electron chi connectivity index (χ1n) is 5.31. The Morgan fingerprint density at radius 3 is 2.59 bits per heavy atom. The molecule has 17 heavy (non-hydrogen) atoms. The predicted octanol–water partition coefficient (Wildman–Crippen LogP) is -0.315. The van der Waals surface area contributed by atoms with E-state index in [4.69, 9.17) is 4.74 Å². The molecule has 6 nitrogen and oxygen atoms in total. The Morgan fingerprint density at radius 1 is 1.24 bits per heavy atom. The van der Waals surface area contributed by atoms with Crippen LogP contribution in [0.2, 0.25) is 0 Å². The molecule has 2 aromatic heterocycles. The van der Waals surface area contributed by atoms with Crippen LogP contribution >= 0.6 is 0 Å². The van der Waals surface area contributed by atoms with E-state index in [1.54, 1.807) is 26.4 Å². The fraction of sp³-hybridized carbons (Fsp3) is 0.455. The molecule has 0 bridgehead atoms. The normalized spacial score (nSPS) is 11.2. The zero-order chi connectivity index (χ0) is 12.6. The van der Waals surface area contributed by atoms with Crippen LogP contribution < -0.4 is 11.2 Å². The van der Waals surface area contributed by atoms with Crippen molar-refractivity contribution in [2.45, 2.75) is 6.54 Å². The number of rotatable bonds is 3. The second kappa shape index (κ2) is 4.21. The summed E-state index contributed by atoms with van der Waals surface area (Å²) in [5, 5.41) is 0.547. The van der Waals surface area contributed by atoms with Gasteiger partial charge in [-0.15, -0.1) is 0 Å². The number of methoxy groups -OCH3 is 1. The molecule has 0 aliphatic heterocycles. The molecule has 0 radical (unpaired) electrons. The van der Waals surface area contributed by atoms with Crippen molar-refractivity contribution >= 4 is 11.0 Å². The first-order chi connectivity index (χ1) is 8.07. The topological polar surface area (TPSA) is 58.2 Å². The number of fused-ring (bicyclic) bond motifs is 1. The van der Waals surface area contributed by atoms with E-state index in [-0.39, 0.29) is 11.2 Å². The van der Waals surface area contributed by atoms with Gasteiger partial charge in [-0.05, 0) is 6.07 Å². The van der Waals surface area contributed by atoms with Gasteiger partial charge in [0.25, 0.3) is 5.56 Å². The van der Waals surface area contributed by atoms with Gasteiger partial charge in [-0.1, -0.05) is 0 Å². The van der Waals surface area contributed by atoms with Crippen molar-refractivity contribution in [3.05, 3.63) is 33.1 Å². The Balaban J connectivity index is 2.77. The molecule has 2 heterocycles. The largest absolute Gasteiger partial charge is 0.383 e. The molecule has 0 saturated carbocycles. The lowest BCUT2D eigenvalue weighted by Gasteiger charge is -2.09. The zero-order valence-electron chi connectivity index (χ0n) is 10.1. The molecular formula is C11H15N3O3. The number of aryl methyl sites for hydroxylation is 1. The summed E-state index contributed by atoms with van der Waals surface area (Å²) in [4.78, 5) is 23.7. The van der Waals surface area contributed by atoms with E-state index in [0.717, 1.165) is 4.57 Å². The van der Waals surface area contributed by atoms with E-state index in [1.807, 2.05) is 4.57 Å². The van der Waals surface area contributed by atoms with Crippen LogP contribution in [0.15, 0.2) is 21.9 Å². The van der Waals surface area contributed by atoms with Crippen molar-refractivity contribution < 1.29 is 4.74 Å². The van der Waals surface area contributed by atoms with Crippen molar-refractivity contribution in [2.24, 2.45) is 14.1 Å². The van der Waals surface area contributed by atoms with Gasteiger partial charge in [0.15, 0.2) is 0 Å². The molecule has 2 rings (SSSR count). The van der Waals surface area contributed by atoms with Crippen LogP contribution in [0.25, 0.3) is 11.0 Å². The minimum atomic E-state index is -0.320. The van der Waals surface area contributed by atoms with Crippen molar-refractivity contribution in [3.63, 3.8) is 0 Å². The molecule has 0 atom stereocenters. The minimum absolute atomic E-state index is 0.265. The lowest BCUT2D eigenvalue weighted by Crippen LogP contribution is -2.37. The van der Waals surface area contributed by atoms with E-state index in [2.05, 4.69) is 0 Å². The fourth-order valence-electron chi connectivity index (χ4n) is 1.96. The highest BCUT2D eigenvalue weighted by Gasteiger charge is 2.11. The molecule has 0 amide bonds. The number of nitrogens with zero attached hydrogens (tertiary/aromatic N) is 3. The third-order valence-corrected chi connectivity index (χ3v) is 2.90. The number of aromatic nitrogens is 3. The molecule has 6 heteroatoms. The molecule has 0 aromatic carbocycles. The molecule has 2 aromatic rings. The average Bonchev–Trinajstić information content (AvgIpc) is 2.75. The van der Waals surface area contributed by atoms with Gasteiger partial charge in [0.2, 0.25) is 0 Å². The van der Waals surface area contributed by atoms with Gasteiger partial charge in [0.1, 0.15) is 5.65 Å². The summed E-state index contributed by atoms with van der Waals surface area (Å²) < 4.78 is 9.44.